The van der Waals surface area contributed by atoms with E-state index in [9.17, 15) is 15.0 Å². The van der Waals surface area contributed by atoms with Gasteiger partial charge in [0.05, 0.1) is 6.42 Å². The number of benzene rings is 2. The molecule has 0 saturated carbocycles. The third kappa shape index (κ3) is 4.37. The highest BCUT2D eigenvalue weighted by Gasteiger charge is 2.35. The predicted octanol–water partition coefficient (Wildman–Crippen LogP) is 5.82. The van der Waals surface area contributed by atoms with Crippen LogP contribution in [0.25, 0.3) is 0 Å². The summed E-state index contributed by atoms with van der Waals surface area (Å²) in [5.74, 6) is -0.0525. The Hall–Kier alpha value is -3.01. The van der Waals surface area contributed by atoms with Gasteiger partial charge in [-0.25, -0.2) is 0 Å². The normalized spacial score (nSPS) is 15.3. The average Bonchev–Trinajstić information content (AvgIpc) is 2.67. The fourth-order valence-electron chi connectivity index (χ4n) is 3.50. The number of ether oxygens (including phenoxy) is 1. The van der Waals surface area contributed by atoms with Crippen molar-refractivity contribution in [3.05, 3.63) is 75.9 Å². The van der Waals surface area contributed by atoms with E-state index in [0.717, 1.165) is 16.7 Å². The second-order valence-corrected chi connectivity index (χ2v) is 7.97. The van der Waals surface area contributed by atoms with Gasteiger partial charge in [0.15, 0.2) is 5.78 Å². The van der Waals surface area contributed by atoms with Gasteiger partial charge in [0.2, 0.25) is 0 Å². The number of phenols is 2. The van der Waals surface area contributed by atoms with Gasteiger partial charge in [0, 0.05) is 11.1 Å². The molecule has 1 heterocycles. The molecule has 0 aromatic heterocycles. The molecule has 0 aliphatic carbocycles. The Bertz CT molecular complexity index is 976. The number of hydrogen-bond donors (Lipinski definition) is 2. The van der Waals surface area contributed by atoms with Crippen LogP contribution in [0.2, 0.25) is 0 Å². The van der Waals surface area contributed by atoms with Crippen LogP contribution in [0.15, 0.2) is 53.6 Å². The average molecular weight is 392 g/mol. The molecule has 152 valence electrons. The van der Waals surface area contributed by atoms with Crippen LogP contribution in [-0.2, 0) is 12.8 Å². The Morgan fingerprint density at radius 1 is 0.966 bits per heavy atom. The predicted molar refractivity (Wildman–Crippen MR) is 115 cm³/mol. The van der Waals surface area contributed by atoms with Gasteiger partial charge in [0.25, 0.3) is 0 Å². The highest BCUT2D eigenvalue weighted by molar-refractivity contribution is 6.04. The van der Waals surface area contributed by atoms with Crippen LogP contribution >= 0.6 is 0 Å². The smallest absolute Gasteiger partial charge is 0.174 e. The molecule has 1 atom stereocenters. The molecule has 0 spiro atoms. The van der Waals surface area contributed by atoms with Gasteiger partial charge < -0.3 is 14.9 Å². The zero-order valence-corrected chi connectivity index (χ0v) is 17.5. The molecule has 2 N–H and O–H groups in total. The summed E-state index contributed by atoms with van der Waals surface area (Å²) in [7, 11) is 0. The maximum absolute atomic E-state index is 13.0. The molecule has 4 heteroatoms. The fraction of sp³-hybridized carbons (Fsp3) is 0.320. The molecule has 4 nitrogen and oxygen atoms in total. The Balaban J connectivity index is 2.17. The van der Waals surface area contributed by atoms with E-state index in [1.54, 1.807) is 0 Å². The molecular weight excluding hydrogens is 364 g/mol. The zero-order valence-electron chi connectivity index (χ0n) is 17.5. The lowest BCUT2D eigenvalue weighted by Gasteiger charge is -2.29. The molecule has 1 aliphatic rings. The summed E-state index contributed by atoms with van der Waals surface area (Å²) in [6, 6.07) is 9.55. The number of hydrogen-bond acceptors (Lipinski definition) is 4. The van der Waals surface area contributed by atoms with Crippen molar-refractivity contribution in [3.63, 3.8) is 0 Å². The van der Waals surface area contributed by atoms with Crippen LogP contribution in [0.3, 0.4) is 0 Å². The number of phenolic OH excluding ortho intramolecular Hbond substituents is 2. The molecular formula is C25H28O4. The van der Waals surface area contributed by atoms with E-state index in [2.05, 4.69) is 0 Å². The summed E-state index contributed by atoms with van der Waals surface area (Å²) >= 11 is 0. The molecule has 2 aromatic carbocycles. The molecule has 2 aromatic rings. The molecule has 0 saturated heterocycles. The Morgan fingerprint density at radius 2 is 1.55 bits per heavy atom. The summed E-state index contributed by atoms with van der Waals surface area (Å²) in [5.41, 5.74) is 4.16. The minimum atomic E-state index is -0.441. The molecule has 1 aliphatic heterocycles. The number of carbonyl (C=O) groups excluding carboxylic acids is 1. The highest BCUT2D eigenvalue weighted by Crippen LogP contribution is 2.48. The first-order valence-corrected chi connectivity index (χ1v) is 9.90. The van der Waals surface area contributed by atoms with E-state index < -0.39 is 6.10 Å². The van der Waals surface area contributed by atoms with Crippen molar-refractivity contribution < 1.29 is 19.7 Å². The summed E-state index contributed by atoms with van der Waals surface area (Å²) in [4.78, 5) is 13.0. The van der Waals surface area contributed by atoms with Crippen molar-refractivity contribution >= 4 is 5.78 Å². The lowest BCUT2D eigenvalue weighted by molar-refractivity contribution is 0.0842. The largest absolute Gasteiger partial charge is 0.507 e. The molecule has 0 fully saturated rings. The third-order valence-corrected chi connectivity index (χ3v) is 5.11. The Kier molecular flexibility index (Phi) is 6.12. The van der Waals surface area contributed by atoms with Crippen LogP contribution in [0, 0.1) is 0 Å². The SMILES string of the molecule is CC(C)=CCc1c(O)c(CC=C(C)C)c2c(c1O)C(=O)C[C@H](c1ccccc1)O2. The van der Waals surface area contributed by atoms with Gasteiger partial charge in [-0.15, -0.1) is 0 Å². The molecule has 0 bridgehead atoms. The molecule has 3 rings (SSSR count). The standard InChI is InChI=1S/C25H28O4/c1-15(2)10-12-18-23(27)19(13-11-16(3)4)25-22(24(18)28)20(26)14-21(29-25)17-8-6-5-7-9-17/h5-11,21,27-28H,12-14H2,1-4H3/t21-/m1/s1. The number of carbonyl (C=O) groups is 1. The number of Topliss-reactive ketones (excluding diaryl/α,β-unsaturated/α-hetero) is 1. The lowest BCUT2D eigenvalue weighted by Crippen LogP contribution is -2.22. The van der Waals surface area contributed by atoms with E-state index in [-0.39, 0.29) is 29.3 Å². The second-order valence-electron chi connectivity index (χ2n) is 7.97. The monoisotopic (exact) mass is 392 g/mol. The van der Waals surface area contributed by atoms with E-state index in [0.29, 0.717) is 29.7 Å². The van der Waals surface area contributed by atoms with Crippen molar-refractivity contribution in [2.45, 2.75) is 53.1 Å². The minimum Gasteiger partial charge on any atom is -0.507 e. The zero-order chi connectivity index (χ0) is 21.1. The second kappa shape index (κ2) is 8.56. The summed E-state index contributed by atoms with van der Waals surface area (Å²) in [5, 5.41) is 21.8. The van der Waals surface area contributed by atoms with Gasteiger partial charge in [-0.1, -0.05) is 53.6 Å². The number of allylic oxidation sites excluding steroid dienone is 4. The summed E-state index contributed by atoms with van der Waals surface area (Å²) in [6.07, 6.45) is 4.39. The van der Waals surface area contributed by atoms with E-state index in [4.69, 9.17) is 4.74 Å². The van der Waals surface area contributed by atoms with Gasteiger partial charge in [-0.05, 0) is 46.1 Å². The molecule has 0 unspecified atom stereocenters. The van der Waals surface area contributed by atoms with Crippen LogP contribution in [0.5, 0.6) is 17.2 Å². The van der Waals surface area contributed by atoms with Crippen LogP contribution in [0.1, 0.15) is 67.3 Å². The first-order chi connectivity index (χ1) is 13.8. The highest BCUT2D eigenvalue weighted by atomic mass is 16.5. The first-order valence-electron chi connectivity index (χ1n) is 9.90. The van der Waals surface area contributed by atoms with Crippen molar-refractivity contribution in [2.24, 2.45) is 0 Å². The number of fused-ring (bicyclic) bond motifs is 1. The summed E-state index contributed by atoms with van der Waals surface area (Å²) < 4.78 is 6.21. The maximum atomic E-state index is 13.0. The summed E-state index contributed by atoms with van der Waals surface area (Å²) in [6.45, 7) is 7.87. The number of aromatic hydroxyl groups is 2. The van der Waals surface area contributed by atoms with Crippen molar-refractivity contribution in [1.29, 1.82) is 0 Å². The fourth-order valence-corrected chi connectivity index (χ4v) is 3.50. The van der Waals surface area contributed by atoms with Gasteiger partial charge in [0.1, 0.15) is 28.9 Å². The van der Waals surface area contributed by atoms with Crippen LogP contribution in [0.4, 0.5) is 0 Å². The van der Waals surface area contributed by atoms with Crippen molar-refractivity contribution in [1.82, 2.24) is 0 Å². The van der Waals surface area contributed by atoms with Gasteiger partial charge in [-0.3, -0.25) is 4.79 Å². The van der Waals surface area contributed by atoms with Gasteiger partial charge in [-0.2, -0.15) is 0 Å². The van der Waals surface area contributed by atoms with E-state index in [1.807, 2.05) is 70.2 Å². The van der Waals surface area contributed by atoms with Crippen molar-refractivity contribution in [3.8, 4) is 17.2 Å². The topological polar surface area (TPSA) is 66.8 Å². The third-order valence-electron chi connectivity index (χ3n) is 5.11. The van der Waals surface area contributed by atoms with Crippen LogP contribution in [-0.4, -0.2) is 16.0 Å². The van der Waals surface area contributed by atoms with Crippen LogP contribution < -0.4 is 4.74 Å². The maximum Gasteiger partial charge on any atom is 0.174 e. The van der Waals surface area contributed by atoms with Gasteiger partial charge >= 0.3 is 0 Å². The van der Waals surface area contributed by atoms with Crippen molar-refractivity contribution in [2.75, 3.05) is 0 Å². The minimum absolute atomic E-state index is 0.00207. The quantitative estimate of drug-likeness (QED) is 0.629. The number of rotatable bonds is 5. The molecule has 29 heavy (non-hydrogen) atoms. The Morgan fingerprint density at radius 3 is 2.14 bits per heavy atom. The lowest BCUT2D eigenvalue weighted by atomic mass is 9.89. The molecule has 0 amide bonds. The molecule has 0 radical (unpaired) electrons. The van der Waals surface area contributed by atoms with E-state index in [1.165, 1.54) is 0 Å². The Labute approximate surface area is 172 Å². The first kappa shape index (κ1) is 20.7. The number of ketones is 1. The van der Waals surface area contributed by atoms with E-state index >= 15 is 0 Å².